The van der Waals surface area contributed by atoms with Crippen LogP contribution in [0.2, 0.25) is 0 Å². The van der Waals surface area contributed by atoms with Gasteiger partial charge in [-0.3, -0.25) is 9.59 Å². The number of ether oxygens (including phenoxy) is 1. The lowest BCUT2D eigenvalue weighted by molar-refractivity contribution is -0.142. The monoisotopic (exact) mass is 361 g/mol. The summed E-state index contributed by atoms with van der Waals surface area (Å²) < 4.78 is 17.4. The molecule has 6 nitrogen and oxygen atoms in total. The second-order valence-corrected chi connectivity index (χ2v) is 7.42. The lowest BCUT2D eigenvalue weighted by Gasteiger charge is -2.36. The molecule has 2 rings (SSSR count). The highest BCUT2D eigenvalue weighted by atomic mass is 16.7. The van der Waals surface area contributed by atoms with Crippen LogP contribution in [-0.4, -0.2) is 36.7 Å². The fourth-order valence-corrected chi connectivity index (χ4v) is 2.94. The Morgan fingerprint density at radius 3 is 2.35 bits per heavy atom. The Balaban J connectivity index is 1.99. The average molecular weight is 361 g/mol. The van der Waals surface area contributed by atoms with Crippen LogP contribution >= 0.6 is 0 Å². The molecule has 1 saturated heterocycles. The summed E-state index contributed by atoms with van der Waals surface area (Å²) in [6.45, 7) is 9.90. The second-order valence-electron chi connectivity index (χ2n) is 7.42. The Morgan fingerprint density at radius 1 is 1.12 bits per heavy atom. The fourth-order valence-electron chi connectivity index (χ4n) is 2.94. The van der Waals surface area contributed by atoms with Crippen LogP contribution in [0.3, 0.4) is 0 Å². The van der Waals surface area contributed by atoms with Gasteiger partial charge in [-0.1, -0.05) is 24.3 Å². The number of rotatable bonds is 7. The molecule has 0 radical (unpaired) electrons. The Kier molecular flexibility index (Phi) is 6.47. The van der Waals surface area contributed by atoms with Gasteiger partial charge in [0.1, 0.15) is 6.61 Å². The zero-order valence-electron chi connectivity index (χ0n) is 16.3. The number of carbonyl (C=O) groups excluding carboxylic acids is 2. The molecule has 0 saturated carbocycles. The maximum atomic E-state index is 11.0. The van der Waals surface area contributed by atoms with Gasteiger partial charge in [-0.05, 0) is 44.6 Å². The smallest absolute Gasteiger partial charge is 0.461 e. The zero-order chi connectivity index (χ0) is 19.4. The summed E-state index contributed by atoms with van der Waals surface area (Å²) in [6.07, 6.45) is 1.60. The molecule has 1 aliphatic rings. The number of hydrogen-bond acceptors (Lipinski definition) is 5. The molecule has 0 spiro atoms. The molecular formula is C19H28BNO5. The van der Waals surface area contributed by atoms with Crippen LogP contribution in [-0.2, 0) is 30.2 Å². The molecule has 1 aliphatic heterocycles. The molecule has 7 heteroatoms. The molecule has 1 heterocycles. The topological polar surface area (TPSA) is 73.9 Å². The normalized spacial score (nSPS) is 21.5. The van der Waals surface area contributed by atoms with E-state index in [1.54, 1.807) is 0 Å². The maximum absolute atomic E-state index is 11.0. The van der Waals surface area contributed by atoms with Gasteiger partial charge < -0.3 is 19.4 Å². The first-order chi connectivity index (χ1) is 12.1. The zero-order valence-corrected chi connectivity index (χ0v) is 16.3. The molecule has 142 valence electrons. The highest BCUT2D eigenvalue weighted by molar-refractivity contribution is 6.62. The van der Waals surface area contributed by atoms with Crippen molar-refractivity contribution in [2.45, 2.75) is 65.3 Å². The summed E-state index contributed by atoms with van der Waals surface area (Å²) >= 11 is 0. The summed E-state index contributed by atoms with van der Waals surface area (Å²) in [5, 5.41) is 2.81. The predicted octanol–water partition coefficient (Wildman–Crippen LogP) is 1.95. The Bertz CT molecular complexity index is 646. The highest BCUT2D eigenvalue weighted by Crippen LogP contribution is 2.40. The van der Waals surface area contributed by atoms with Crippen LogP contribution in [0.4, 0.5) is 0 Å². The van der Waals surface area contributed by atoms with Gasteiger partial charge in [-0.25, -0.2) is 0 Å². The maximum Gasteiger partial charge on any atom is 0.494 e. The molecule has 1 aromatic rings. The molecule has 1 fully saturated rings. The Hall–Kier alpha value is -1.86. The van der Waals surface area contributed by atoms with Crippen molar-refractivity contribution in [3.63, 3.8) is 0 Å². The van der Waals surface area contributed by atoms with Crippen molar-refractivity contribution in [3.05, 3.63) is 29.8 Å². The molecule has 26 heavy (non-hydrogen) atoms. The third-order valence-electron chi connectivity index (χ3n) is 4.94. The Morgan fingerprint density at radius 2 is 1.77 bits per heavy atom. The van der Waals surface area contributed by atoms with E-state index in [1.807, 2.05) is 38.1 Å². The van der Waals surface area contributed by atoms with E-state index >= 15 is 0 Å². The van der Waals surface area contributed by atoms with E-state index < -0.39 is 18.3 Å². The number of nitrogens with one attached hydrogen (secondary N) is 1. The van der Waals surface area contributed by atoms with Crippen molar-refractivity contribution in [1.82, 2.24) is 5.32 Å². The van der Waals surface area contributed by atoms with Gasteiger partial charge in [0.25, 0.3) is 0 Å². The summed E-state index contributed by atoms with van der Waals surface area (Å²) in [6, 6.07) is 7.68. The lowest BCUT2D eigenvalue weighted by atomic mass is 9.79. The summed E-state index contributed by atoms with van der Waals surface area (Å²) in [4.78, 5) is 21.9. The van der Waals surface area contributed by atoms with Crippen molar-refractivity contribution >= 4 is 24.5 Å². The molecule has 0 aliphatic carbocycles. The van der Waals surface area contributed by atoms with Crippen molar-refractivity contribution < 1.29 is 23.6 Å². The van der Waals surface area contributed by atoms with Crippen LogP contribution in [0.25, 0.3) is 0 Å². The first-order valence-corrected chi connectivity index (χ1v) is 8.95. The minimum absolute atomic E-state index is 0.0234. The molecule has 0 bridgehead atoms. The molecule has 0 aromatic heterocycles. The van der Waals surface area contributed by atoms with Crippen molar-refractivity contribution in [1.29, 1.82) is 0 Å². The van der Waals surface area contributed by atoms with Gasteiger partial charge in [0, 0.05) is 20.4 Å². The minimum Gasteiger partial charge on any atom is -0.461 e. The van der Waals surface area contributed by atoms with E-state index in [-0.39, 0.29) is 18.5 Å². The highest BCUT2D eigenvalue weighted by Gasteiger charge is 2.53. The summed E-state index contributed by atoms with van der Waals surface area (Å²) in [7, 11) is -0.446. The van der Waals surface area contributed by atoms with E-state index in [0.717, 1.165) is 23.9 Å². The van der Waals surface area contributed by atoms with E-state index in [1.165, 1.54) is 13.8 Å². The van der Waals surface area contributed by atoms with Gasteiger partial charge in [0.15, 0.2) is 0 Å². The van der Waals surface area contributed by atoms with E-state index in [4.69, 9.17) is 14.0 Å². The van der Waals surface area contributed by atoms with Crippen molar-refractivity contribution in [2.75, 3.05) is 6.54 Å². The van der Waals surface area contributed by atoms with Crippen LogP contribution in [0.15, 0.2) is 24.3 Å². The predicted molar refractivity (Wildman–Crippen MR) is 99.9 cm³/mol. The van der Waals surface area contributed by atoms with E-state index in [0.29, 0.717) is 6.54 Å². The number of amides is 1. The van der Waals surface area contributed by atoms with Gasteiger partial charge >= 0.3 is 13.1 Å². The number of esters is 1. The summed E-state index contributed by atoms with van der Waals surface area (Å²) in [5.41, 5.74) is 0.936. The SMILES string of the molecule is CC(=O)NCCCC1(C)OB(c2ccc(COC(C)=O)cc2)OC1(C)C. The minimum atomic E-state index is -0.454. The number of carbonyl (C=O) groups is 2. The first-order valence-electron chi connectivity index (χ1n) is 8.95. The molecule has 1 N–H and O–H groups in total. The van der Waals surface area contributed by atoms with Gasteiger partial charge in [0.05, 0.1) is 11.2 Å². The van der Waals surface area contributed by atoms with E-state index in [2.05, 4.69) is 12.2 Å². The largest absolute Gasteiger partial charge is 0.494 e. The molecule has 1 aromatic carbocycles. The molecule has 1 atom stereocenters. The third kappa shape index (κ3) is 5.08. The first kappa shape index (κ1) is 20.5. The second kappa shape index (κ2) is 8.23. The van der Waals surface area contributed by atoms with Crippen LogP contribution in [0, 0.1) is 0 Å². The van der Waals surface area contributed by atoms with Gasteiger partial charge in [-0.2, -0.15) is 0 Å². The Labute approximate surface area is 155 Å². The molecular weight excluding hydrogens is 333 g/mol. The quantitative estimate of drug-likeness (QED) is 0.457. The molecule has 1 unspecified atom stereocenters. The van der Waals surface area contributed by atoms with Crippen LogP contribution in [0.5, 0.6) is 0 Å². The lowest BCUT2D eigenvalue weighted by Crippen LogP contribution is -2.45. The van der Waals surface area contributed by atoms with E-state index in [9.17, 15) is 9.59 Å². The van der Waals surface area contributed by atoms with Crippen molar-refractivity contribution in [2.24, 2.45) is 0 Å². The van der Waals surface area contributed by atoms with Gasteiger partial charge in [0.2, 0.25) is 5.91 Å². The van der Waals surface area contributed by atoms with Gasteiger partial charge in [-0.15, -0.1) is 0 Å². The van der Waals surface area contributed by atoms with Crippen LogP contribution in [0.1, 0.15) is 53.0 Å². The third-order valence-corrected chi connectivity index (χ3v) is 4.94. The van der Waals surface area contributed by atoms with Crippen molar-refractivity contribution in [3.8, 4) is 0 Å². The molecule has 1 amide bonds. The fraction of sp³-hybridized carbons (Fsp3) is 0.579. The number of hydrogen-bond donors (Lipinski definition) is 1. The standard InChI is InChI=1S/C19H28BNO5/c1-14(22)21-12-6-11-19(5)18(3,4)25-20(26-19)17-9-7-16(8-10-17)13-24-15(2)23/h7-10H,6,11-13H2,1-5H3,(H,21,22). The summed E-state index contributed by atoms with van der Waals surface area (Å²) in [5.74, 6) is -0.321. The van der Waals surface area contributed by atoms with Crippen LogP contribution < -0.4 is 10.8 Å². The average Bonchev–Trinajstić information content (AvgIpc) is 2.80. The number of benzene rings is 1.